The van der Waals surface area contributed by atoms with Crippen LogP contribution in [0.1, 0.15) is 36.0 Å². The van der Waals surface area contributed by atoms with Gasteiger partial charge >= 0.3 is 5.97 Å². The number of aromatic carboxylic acids is 1. The summed E-state index contributed by atoms with van der Waals surface area (Å²) in [5, 5.41) is 9.10. The van der Waals surface area contributed by atoms with Gasteiger partial charge in [0.15, 0.2) is 0 Å². The molecule has 1 saturated heterocycles. The van der Waals surface area contributed by atoms with E-state index in [4.69, 9.17) is 5.11 Å². The first-order valence-electron chi connectivity index (χ1n) is 5.96. The molecule has 1 aromatic carbocycles. The fourth-order valence-electron chi connectivity index (χ4n) is 2.27. The Morgan fingerprint density at radius 3 is 2.41 bits per heavy atom. The first kappa shape index (κ1) is 11.9. The SMILES string of the molecule is O=C(O)c1cc(F)ccc1N1CCCCCC1. The minimum absolute atomic E-state index is 0.0619. The fourth-order valence-corrected chi connectivity index (χ4v) is 2.27. The van der Waals surface area contributed by atoms with E-state index in [-0.39, 0.29) is 5.56 Å². The standard InChI is InChI=1S/C13H16FNO2/c14-10-5-6-12(11(9-10)13(16)17)15-7-3-1-2-4-8-15/h5-6,9H,1-4,7-8H2,(H,16,17). The van der Waals surface area contributed by atoms with Gasteiger partial charge in [-0.1, -0.05) is 12.8 Å². The normalized spacial score (nSPS) is 16.6. The summed E-state index contributed by atoms with van der Waals surface area (Å²) in [4.78, 5) is 13.2. The second-order valence-corrected chi connectivity index (χ2v) is 4.37. The molecule has 1 N–H and O–H groups in total. The van der Waals surface area contributed by atoms with Crippen LogP contribution in [0.5, 0.6) is 0 Å². The van der Waals surface area contributed by atoms with E-state index in [0.717, 1.165) is 32.0 Å². The summed E-state index contributed by atoms with van der Waals surface area (Å²) in [5.41, 5.74) is 0.702. The molecule has 0 atom stereocenters. The molecular formula is C13H16FNO2. The first-order chi connectivity index (χ1) is 8.18. The van der Waals surface area contributed by atoms with E-state index < -0.39 is 11.8 Å². The van der Waals surface area contributed by atoms with Gasteiger partial charge in [0, 0.05) is 13.1 Å². The highest BCUT2D eigenvalue weighted by atomic mass is 19.1. The number of halogens is 1. The van der Waals surface area contributed by atoms with Crippen LogP contribution in [0.15, 0.2) is 18.2 Å². The number of benzene rings is 1. The lowest BCUT2D eigenvalue weighted by Crippen LogP contribution is -2.26. The van der Waals surface area contributed by atoms with Crippen LogP contribution >= 0.6 is 0 Å². The number of carboxylic acids is 1. The molecule has 1 aliphatic heterocycles. The van der Waals surface area contributed by atoms with Crippen molar-refractivity contribution in [2.75, 3.05) is 18.0 Å². The maximum absolute atomic E-state index is 13.1. The zero-order chi connectivity index (χ0) is 12.3. The van der Waals surface area contributed by atoms with Gasteiger partial charge in [-0.15, -0.1) is 0 Å². The van der Waals surface area contributed by atoms with Crippen LogP contribution < -0.4 is 4.90 Å². The highest BCUT2D eigenvalue weighted by molar-refractivity contribution is 5.94. The Kier molecular flexibility index (Phi) is 3.61. The largest absolute Gasteiger partial charge is 0.478 e. The molecule has 1 fully saturated rings. The van der Waals surface area contributed by atoms with Crippen LogP contribution in [0.4, 0.5) is 10.1 Å². The maximum atomic E-state index is 13.1. The summed E-state index contributed by atoms with van der Waals surface area (Å²) in [6, 6.07) is 4.00. The number of nitrogens with zero attached hydrogens (tertiary/aromatic N) is 1. The molecule has 0 amide bonds. The van der Waals surface area contributed by atoms with Gasteiger partial charge in [0.1, 0.15) is 5.82 Å². The van der Waals surface area contributed by atoms with E-state index in [0.29, 0.717) is 5.69 Å². The molecule has 1 aliphatic rings. The molecule has 3 nitrogen and oxygen atoms in total. The third-order valence-corrected chi connectivity index (χ3v) is 3.14. The van der Waals surface area contributed by atoms with Crippen molar-refractivity contribution in [3.63, 3.8) is 0 Å². The smallest absolute Gasteiger partial charge is 0.337 e. The van der Waals surface area contributed by atoms with Crippen LogP contribution in [0.3, 0.4) is 0 Å². The van der Waals surface area contributed by atoms with Crippen LogP contribution in [-0.2, 0) is 0 Å². The summed E-state index contributed by atoms with van der Waals surface area (Å²) in [5.74, 6) is -1.57. The molecule has 0 aromatic heterocycles. The molecule has 0 bridgehead atoms. The second-order valence-electron chi connectivity index (χ2n) is 4.37. The van der Waals surface area contributed by atoms with Gasteiger partial charge in [0.25, 0.3) is 0 Å². The quantitative estimate of drug-likeness (QED) is 0.859. The Bertz CT molecular complexity index is 412. The zero-order valence-electron chi connectivity index (χ0n) is 9.66. The van der Waals surface area contributed by atoms with E-state index in [1.54, 1.807) is 6.07 Å². The minimum Gasteiger partial charge on any atom is -0.478 e. The molecule has 0 radical (unpaired) electrons. The zero-order valence-corrected chi connectivity index (χ0v) is 9.66. The van der Waals surface area contributed by atoms with Gasteiger partial charge in [-0.25, -0.2) is 9.18 Å². The van der Waals surface area contributed by atoms with Gasteiger partial charge in [-0.2, -0.15) is 0 Å². The van der Waals surface area contributed by atoms with Crippen molar-refractivity contribution in [1.29, 1.82) is 0 Å². The topological polar surface area (TPSA) is 40.5 Å². The summed E-state index contributed by atoms with van der Waals surface area (Å²) < 4.78 is 13.1. The highest BCUT2D eigenvalue weighted by Gasteiger charge is 2.17. The molecule has 0 unspecified atom stereocenters. The number of carbonyl (C=O) groups is 1. The number of carboxylic acid groups (broad SMARTS) is 1. The number of hydrogen-bond acceptors (Lipinski definition) is 2. The third kappa shape index (κ3) is 2.75. The van der Waals surface area contributed by atoms with E-state index in [1.807, 2.05) is 0 Å². The highest BCUT2D eigenvalue weighted by Crippen LogP contribution is 2.24. The van der Waals surface area contributed by atoms with Crippen LogP contribution in [0, 0.1) is 5.82 Å². The van der Waals surface area contributed by atoms with Gasteiger partial charge in [-0.3, -0.25) is 0 Å². The van der Waals surface area contributed by atoms with E-state index in [1.165, 1.54) is 18.9 Å². The van der Waals surface area contributed by atoms with Gasteiger partial charge < -0.3 is 10.0 Å². The summed E-state index contributed by atoms with van der Waals surface area (Å²) in [7, 11) is 0. The number of anilines is 1. The van der Waals surface area contributed by atoms with Crippen LogP contribution in [-0.4, -0.2) is 24.2 Å². The molecular weight excluding hydrogens is 221 g/mol. The van der Waals surface area contributed by atoms with Crippen LogP contribution in [0.2, 0.25) is 0 Å². The van der Waals surface area contributed by atoms with Gasteiger partial charge in [0.2, 0.25) is 0 Å². The third-order valence-electron chi connectivity index (χ3n) is 3.14. The maximum Gasteiger partial charge on any atom is 0.337 e. The molecule has 0 spiro atoms. The predicted molar refractivity (Wildman–Crippen MR) is 64.0 cm³/mol. The Hall–Kier alpha value is -1.58. The predicted octanol–water partition coefficient (Wildman–Crippen LogP) is 2.90. The van der Waals surface area contributed by atoms with Gasteiger partial charge in [-0.05, 0) is 31.0 Å². The lowest BCUT2D eigenvalue weighted by molar-refractivity contribution is 0.0697. The molecule has 1 heterocycles. The Labute approximate surface area is 99.9 Å². The lowest BCUT2D eigenvalue weighted by Gasteiger charge is -2.24. The summed E-state index contributed by atoms with van der Waals surface area (Å²) >= 11 is 0. The summed E-state index contributed by atoms with van der Waals surface area (Å²) in [6.07, 6.45) is 4.49. The molecule has 2 rings (SSSR count). The number of hydrogen-bond donors (Lipinski definition) is 1. The first-order valence-corrected chi connectivity index (χ1v) is 5.96. The monoisotopic (exact) mass is 237 g/mol. The van der Waals surface area contributed by atoms with Crippen molar-refractivity contribution >= 4 is 11.7 Å². The molecule has 0 aliphatic carbocycles. The van der Waals surface area contributed by atoms with E-state index >= 15 is 0 Å². The lowest BCUT2D eigenvalue weighted by atomic mass is 10.1. The Morgan fingerprint density at radius 2 is 1.82 bits per heavy atom. The van der Waals surface area contributed by atoms with Gasteiger partial charge in [0.05, 0.1) is 11.3 Å². The minimum atomic E-state index is -1.07. The molecule has 92 valence electrons. The van der Waals surface area contributed by atoms with Crippen molar-refractivity contribution in [2.45, 2.75) is 25.7 Å². The van der Waals surface area contributed by atoms with Crippen molar-refractivity contribution in [3.05, 3.63) is 29.6 Å². The summed E-state index contributed by atoms with van der Waals surface area (Å²) in [6.45, 7) is 1.71. The molecule has 17 heavy (non-hydrogen) atoms. The average Bonchev–Trinajstić information content (AvgIpc) is 2.57. The van der Waals surface area contributed by atoms with Crippen molar-refractivity contribution in [2.24, 2.45) is 0 Å². The van der Waals surface area contributed by atoms with Crippen molar-refractivity contribution < 1.29 is 14.3 Å². The van der Waals surface area contributed by atoms with Crippen molar-refractivity contribution in [1.82, 2.24) is 0 Å². The van der Waals surface area contributed by atoms with Crippen molar-refractivity contribution in [3.8, 4) is 0 Å². The second kappa shape index (κ2) is 5.17. The number of rotatable bonds is 2. The Morgan fingerprint density at radius 1 is 1.18 bits per heavy atom. The molecule has 1 aromatic rings. The molecule has 0 saturated carbocycles. The van der Waals surface area contributed by atoms with E-state index in [9.17, 15) is 9.18 Å². The Balaban J connectivity index is 2.32. The molecule has 4 heteroatoms. The fraction of sp³-hybridized carbons (Fsp3) is 0.462. The average molecular weight is 237 g/mol. The van der Waals surface area contributed by atoms with E-state index in [2.05, 4.69) is 4.90 Å². The van der Waals surface area contributed by atoms with Crippen LogP contribution in [0.25, 0.3) is 0 Å².